The molecule has 0 atom stereocenters. The fourth-order valence-corrected chi connectivity index (χ4v) is 9.07. The van der Waals surface area contributed by atoms with E-state index in [1.54, 1.807) is 18.1 Å². The highest BCUT2D eigenvalue weighted by molar-refractivity contribution is 6.58. The molecular weight excluding hydrogens is 444 g/mol. The standard InChI is InChI=1S/C27H41F4OSi/c1-2-3-6-17-33-18-15-24(16-19-33)23-12-9-21(10-13-23)7-4-5-8-22-11-14-26(25(28)20-22)32-27(29,30)31/h11,14,20-21,23-24H,2-10,12-13,15-19H2,1H3. The molecule has 2 fully saturated rings. The number of alkyl halides is 3. The second-order valence-corrected chi connectivity index (χ2v) is 13.4. The predicted octanol–water partition coefficient (Wildman–Crippen LogP) is 9.34. The third kappa shape index (κ3) is 9.26. The Hall–Kier alpha value is -1.04. The third-order valence-corrected chi connectivity index (χ3v) is 11.0. The first kappa shape index (κ1) is 26.6. The van der Waals surface area contributed by atoms with Gasteiger partial charge in [-0.3, -0.25) is 0 Å². The molecule has 2 aliphatic rings. The van der Waals surface area contributed by atoms with E-state index in [1.807, 2.05) is 0 Å². The average molecular weight is 486 g/mol. The van der Waals surface area contributed by atoms with Crippen molar-refractivity contribution in [2.75, 3.05) is 0 Å². The topological polar surface area (TPSA) is 9.23 Å². The largest absolute Gasteiger partial charge is 0.573 e. The second-order valence-electron chi connectivity index (χ2n) is 10.4. The van der Waals surface area contributed by atoms with Crippen LogP contribution in [-0.4, -0.2) is 15.2 Å². The quantitative estimate of drug-likeness (QED) is 0.172. The smallest absolute Gasteiger partial charge is 0.403 e. The number of aryl methyl sites for hydroxylation is 1. The Balaban J connectivity index is 1.28. The lowest BCUT2D eigenvalue weighted by molar-refractivity contribution is -0.275. The summed E-state index contributed by atoms with van der Waals surface area (Å²) in [7, 11) is -0.0323. The second kappa shape index (κ2) is 13.2. The highest BCUT2D eigenvalue weighted by atomic mass is 28.3. The highest BCUT2D eigenvalue weighted by Gasteiger charge is 2.33. The molecule has 1 nitrogen and oxygen atoms in total. The van der Waals surface area contributed by atoms with Gasteiger partial charge in [0, 0.05) is 8.80 Å². The van der Waals surface area contributed by atoms with Crippen LogP contribution >= 0.6 is 0 Å². The minimum absolute atomic E-state index is 0.0323. The first-order valence-electron chi connectivity index (χ1n) is 13.2. The van der Waals surface area contributed by atoms with Gasteiger partial charge in [-0.2, -0.15) is 0 Å². The van der Waals surface area contributed by atoms with E-state index in [0.29, 0.717) is 6.42 Å². The Morgan fingerprint density at radius 1 is 0.909 bits per heavy atom. The van der Waals surface area contributed by atoms with Crippen LogP contribution in [-0.2, 0) is 6.42 Å². The van der Waals surface area contributed by atoms with Gasteiger partial charge in [-0.1, -0.05) is 88.9 Å². The number of benzene rings is 1. The number of unbranched alkanes of at least 4 members (excludes halogenated alkanes) is 3. The van der Waals surface area contributed by atoms with E-state index in [-0.39, 0.29) is 8.80 Å². The van der Waals surface area contributed by atoms with Crippen molar-refractivity contribution in [3.8, 4) is 5.75 Å². The molecule has 1 aromatic rings. The van der Waals surface area contributed by atoms with Crippen molar-refractivity contribution in [2.24, 2.45) is 17.8 Å². The van der Waals surface area contributed by atoms with Crippen molar-refractivity contribution in [3.05, 3.63) is 29.6 Å². The van der Waals surface area contributed by atoms with E-state index >= 15 is 0 Å². The number of hydrogen-bond acceptors (Lipinski definition) is 1. The first-order valence-corrected chi connectivity index (χ1v) is 15.3. The molecule has 187 valence electrons. The van der Waals surface area contributed by atoms with Gasteiger partial charge >= 0.3 is 6.36 Å². The average Bonchev–Trinajstić information content (AvgIpc) is 2.79. The van der Waals surface area contributed by atoms with Crippen molar-refractivity contribution in [2.45, 2.75) is 115 Å². The fourth-order valence-electron chi connectivity index (χ4n) is 6.01. The molecule has 33 heavy (non-hydrogen) atoms. The lowest BCUT2D eigenvalue weighted by atomic mass is 9.73. The van der Waals surface area contributed by atoms with Crippen molar-refractivity contribution >= 4 is 8.80 Å². The molecule has 0 bridgehead atoms. The Kier molecular flexibility index (Phi) is 10.6. The summed E-state index contributed by atoms with van der Waals surface area (Å²) >= 11 is 0. The van der Waals surface area contributed by atoms with Crippen LogP contribution in [0.4, 0.5) is 17.6 Å². The number of hydrogen-bond donors (Lipinski definition) is 0. The zero-order valence-electron chi connectivity index (χ0n) is 20.2. The van der Waals surface area contributed by atoms with Gasteiger partial charge in [-0.25, -0.2) is 4.39 Å². The van der Waals surface area contributed by atoms with Crippen LogP contribution in [0.3, 0.4) is 0 Å². The molecule has 1 heterocycles. The molecule has 0 unspecified atom stereocenters. The van der Waals surface area contributed by atoms with Gasteiger partial charge in [-0.15, -0.1) is 13.2 Å². The van der Waals surface area contributed by atoms with Crippen molar-refractivity contribution in [3.63, 3.8) is 0 Å². The molecule has 1 saturated heterocycles. The molecule has 0 aromatic heterocycles. The predicted molar refractivity (Wildman–Crippen MR) is 129 cm³/mol. The highest BCUT2D eigenvalue weighted by Crippen LogP contribution is 2.42. The SMILES string of the molecule is CCCCC[Si]1CCC(C2CCC(CCCCc3ccc(OC(F)(F)F)c(F)c3)CC2)CC1. The van der Waals surface area contributed by atoms with Gasteiger partial charge < -0.3 is 4.74 Å². The lowest BCUT2D eigenvalue weighted by Gasteiger charge is -2.37. The number of halogens is 4. The van der Waals surface area contributed by atoms with Crippen molar-refractivity contribution in [1.82, 2.24) is 0 Å². The van der Waals surface area contributed by atoms with Gasteiger partial charge in [0.2, 0.25) is 0 Å². The maximum atomic E-state index is 13.8. The molecule has 0 N–H and O–H groups in total. The summed E-state index contributed by atoms with van der Waals surface area (Å²) in [6.45, 7) is 2.30. The minimum Gasteiger partial charge on any atom is -0.403 e. The van der Waals surface area contributed by atoms with Gasteiger partial charge in [0.1, 0.15) is 0 Å². The Bertz CT molecular complexity index is 692. The van der Waals surface area contributed by atoms with Crippen LogP contribution in [0.2, 0.25) is 18.1 Å². The van der Waals surface area contributed by atoms with E-state index in [2.05, 4.69) is 11.7 Å². The van der Waals surface area contributed by atoms with Gasteiger partial charge in [0.05, 0.1) is 0 Å². The lowest BCUT2D eigenvalue weighted by Crippen LogP contribution is -2.28. The minimum atomic E-state index is -4.86. The normalized spacial score (nSPS) is 23.1. The molecule has 3 rings (SSSR count). The Morgan fingerprint density at radius 2 is 1.61 bits per heavy atom. The van der Waals surface area contributed by atoms with E-state index in [1.165, 1.54) is 76.3 Å². The van der Waals surface area contributed by atoms with E-state index < -0.39 is 17.9 Å². The summed E-state index contributed by atoms with van der Waals surface area (Å²) in [4.78, 5) is 0. The summed E-state index contributed by atoms with van der Waals surface area (Å²) < 4.78 is 54.3. The Morgan fingerprint density at radius 3 is 2.24 bits per heavy atom. The summed E-state index contributed by atoms with van der Waals surface area (Å²) in [5, 5.41) is 0. The maximum absolute atomic E-state index is 13.8. The van der Waals surface area contributed by atoms with Crippen molar-refractivity contribution in [1.29, 1.82) is 0 Å². The molecule has 6 heteroatoms. The number of rotatable bonds is 11. The molecule has 1 aliphatic heterocycles. The van der Waals surface area contributed by atoms with Crippen LogP contribution in [0, 0.1) is 23.6 Å². The summed E-state index contributed by atoms with van der Waals surface area (Å²) in [5.41, 5.74) is 0.735. The molecule has 1 saturated carbocycles. The molecule has 1 aromatic carbocycles. The van der Waals surface area contributed by atoms with Crippen LogP contribution in [0.15, 0.2) is 18.2 Å². The molecule has 1 aliphatic carbocycles. The van der Waals surface area contributed by atoms with Gasteiger partial charge in [-0.05, 0) is 61.1 Å². The summed E-state index contributed by atoms with van der Waals surface area (Å²) in [5.74, 6) is 1.07. The Labute approximate surface area is 199 Å². The zero-order chi connectivity index (χ0) is 23.7. The monoisotopic (exact) mass is 485 g/mol. The first-order chi connectivity index (χ1) is 15.8. The summed E-state index contributed by atoms with van der Waals surface area (Å²) in [6.07, 6.45) is 11.8. The van der Waals surface area contributed by atoms with Crippen LogP contribution < -0.4 is 4.74 Å². The van der Waals surface area contributed by atoms with E-state index in [4.69, 9.17) is 0 Å². The van der Waals surface area contributed by atoms with Crippen LogP contribution in [0.25, 0.3) is 0 Å². The maximum Gasteiger partial charge on any atom is 0.573 e. The zero-order valence-corrected chi connectivity index (χ0v) is 21.2. The third-order valence-electron chi connectivity index (χ3n) is 7.98. The van der Waals surface area contributed by atoms with Gasteiger partial charge in [0.15, 0.2) is 11.6 Å². The molecular formula is C27H41F4OSi. The van der Waals surface area contributed by atoms with E-state index in [0.717, 1.165) is 42.2 Å². The van der Waals surface area contributed by atoms with Crippen molar-refractivity contribution < 1.29 is 22.3 Å². The molecule has 0 amide bonds. The van der Waals surface area contributed by atoms with E-state index in [9.17, 15) is 17.6 Å². The molecule has 0 spiro atoms. The van der Waals surface area contributed by atoms with Crippen LogP contribution in [0.5, 0.6) is 5.75 Å². The summed E-state index contributed by atoms with van der Waals surface area (Å²) in [6, 6.07) is 8.46. The number of ether oxygens (including phenoxy) is 1. The fraction of sp³-hybridized carbons (Fsp3) is 0.778. The van der Waals surface area contributed by atoms with Crippen LogP contribution in [0.1, 0.15) is 89.5 Å². The molecule has 1 radical (unpaired) electrons. The van der Waals surface area contributed by atoms with Gasteiger partial charge in [0.25, 0.3) is 0 Å².